The van der Waals surface area contributed by atoms with Crippen molar-refractivity contribution < 1.29 is 0 Å². The molecule has 0 saturated heterocycles. The highest BCUT2D eigenvalue weighted by atomic mass is 32.1. The molecule has 2 N–H and O–H groups in total. The molecular weight excluding hydrogens is 316 g/mol. The zero-order valence-corrected chi connectivity index (χ0v) is 15.3. The fourth-order valence-corrected chi connectivity index (χ4v) is 3.96. The highest BCUT2D eigenvalue weighted by molar-refractivity contribution is 7.11. The first-order valence-corrected chi connectivity index (χ1v) is 9.59. The number of rotatable bonds is 5. The van der Waals surface area contributed by atoms with Crippen molar-refractivity contribution in [3.05, 3.63) is 51.5 Å². The predicted octanol–water partition coefficient (Wildman–Crippen LogP) is 3.63. The van der Waals surface area contributed by atoms with E-state index in [4.69, 9.17) is 0 Å². The molecule has 3 rings (SSSR count). The van der Waals surface area contributed by atoms with Gasteiger partial charge in [-0.05, 0) is 44.2 Å². The van der Waals surface area contributed by atoms with Gasteiger partial charge in [0.15, 0.2) is 5.96 Å². The van der Waals surface area contributed by atoms with Gasteiger partial charge in [-0.2, -0.15) is 0 Å². The molecule has 1 aromatic carbocycles. The van der Waals surface area contributed by atoms with Crippen LogP contribution in [0.25, 0.3) is 0 Å². The normalized spacial score (nSPS) is 17.4. The van der Waals surface area contributed by atoms with Gasteiger partial charge in [-0.25, -0.2) is 9.98 Å². The zero-order valence-electron chi connectivity index (χ0n) is 14.5. The molecule has 1 aromatic heterocycles. The average molecular weight is 343 g/mol. The lowest BCUT2D eigenvalue weighted by atomic mass is 9.83. The Balaban J connectivity index is 1.62. The summed E-state index contributed by atoms with van der Waals surface area (Å²) in [6, 6.07) is 8.85. The molecule has 2 aromatic rings. The Morgan fingerprint density at radius 3 is 3.00 bits per heavy atom. The third-order valence-electron chi connectivity index (χ3n) is 4.40. The molecule has 1 heterocycles. The Bertz CT molecular complexity index is 692. The number of thiazole rings is 1. The summed E-state index contributed by atoms with van der Waals surface area (Å²) < 4.78 is 0. The molecule has 1 aliphatic carbocycles. The molecule has 1 unspecified atom stereocenters. The standard InChI is InChI=1S/C19H26N4S/c1-3-20-19(23-13-18-21-11-14(2)24-18)22-12-16-9-6-8-15-7-4-5-10-17(15)16/h4-5,7,10-11,16H,3,6,8-9,12-13H2,1-2H3,(H2,20,22,23). The van der Waals surface area contributed by atoms with Crippen LogP contribution in [-0.2, 0) is 13.0 Å². The fraction of sp³-hybridized carbons (Fsp3) is 0.474. The molecular formula is C19H26N4S. The summed E-state index contributed by atoms with van der Waals surface area (Å²) in [5.41, 5.74) is 3.01. The van der Waals surface area contributed by atoms with Crippen molar-refractivity contribution >= 4 is 17.3 Å². The molecule has 0 saturated carbocycles. The van der Waals surface area contributed by atoms with E-state index in [-0.39, 0.29) is 0 Å². The number of guanidine groups is 1. The van der Waals surface area contributed by atoms with Crippen LogP contribution in [0, 0.1) is 6.92 Å². The smallest absolute Gasteiger partial charge is 0.191 e. The van der Waals surface area contributed by atoms with Crippen LogP contribution in [0.2, 0.25) is 0 Å². The predicted molar refractivity (Wildman–Crippen MR) is 102 cm³/mol. The third kappa shape index (κ3) is 4.35. The maximum atomic E-state index is 4.68. The first-order chi connectivity index (χ1) is 11.8. The Hall–Kier alpha value is -1.88. The summed E-state index contributed by atoms with van der Waals surface area (Å²) in [6.45, 7) is 6.61. The largest absolute Gasteiger partial charge is 0.357 e. The van der Waals surface area contributed by atoms with E-state index in [2.05, 4.69) is 58.7 Å². The van der Waals surface area contributed by atoms with E-state index in [1.54, 1.807) is 11.3 Å². The Labute approximate surface area is 148 Å². The molecule has 0 aliphatic heterocycles. The molecule has 1 aliphatic rings. The first-order valence-electron chi connectivity index (χ1n) is 8.77. The second-order valence-corrected chi connectivity index (χ2v) is 7.55. The van der Waals surface area contributed by atoms with Gasteiger partial charge in [0.05, 0.1) is 6.54 Å². The molecule has 0 spiro atoms. The molecule has 0 radical (unpaired) electrons. The molecule has 0 bridgehead atoms. The van der Waals surface area contributed by atoms with Crippen molar-refractivity contribution in [3.8, 4) is 0 Å². The van der Waals surface area contributed by atoms with Gasteiger partial charge in [0, 0.05) is 30.1 Å². The highest BCUT2D eigenvalue weighted by Gasteiger charge is 2.19. The Kier molecular flexibility index (Phi) is 5.86. The minimum absolute atomic E-state index is 0.570. The summed E-state index contributed by atoms with van der Waals surface area (Å²) in [7, 11) is 0. The molecule has 5 heteroatoms. The van der Waals surface area contributed by atoms with Crippen LogP contribution in [0.4, 0.5) is 0 Å². The van der Waals surface area contributed by atoms with Crippen LogP contribution >= 0.6 is 11.3 Å². The van der Waals surface area contributed by atoms with Crippen LogP contribution in [0.5, 0.6) is 0 Å². The van der Waals surface area contributed by atoms with Crippen LogP contribution in [0.1, 0.15) is 46.7 Å². The number of nitrogens with one attached hydrogen (secondary N) is 2. The number of aryl methyl sites for hydroxylation is 2. The van der Waals surface area contributed by atoms with Crippen LogP contribution < -0.4 is 10.6 Å². The van der Waals surface area contributed by atoms with Crippen LogP contribution in [-0.4, -0.2) is 24.0 Å². The Morgan fingerprint density at radius 1 is 1.33 bits per heavy atom. The summed E-state index contributed by atoms with van der Waals surface area (Å²) in [4.78, 5) is 10.3. The number of nitrogens with zero attached hydrogens (tertiary/aromatic N) is 2. The summed E-state index contributed by atoms with van der Waals surface area (Å²) in [6.07, 6.45) is 5.64. The number of fused-ring (bicyclic) bond motifs is 1. The summed E-state index contributed by atoms with van der Waals surface area (Å²) in [5.74, 6) is 1.45. The van der Waals surface area contributed by atoms with Gasteiger partial charge in [-0.15, -0.1) is 11.3 Å². The van der Waals surface area contributed by atoms with Crippen LogP contribution in [0.15, 0.2) is 35.5 Å². The van der Waals surface area contributed by atoms with E-state index < -0.39 is 0 Å². The second kappa shape index (κ2) is 8.29. The van der Waals surface area contributed by atoms with Gasteiger partial charge in [0.1, 0.15) is 5.01 Å². The topological polar surface area (TPSA) is 49.3 Å². The van der Waals surface area contributed by atoms with E-state index >= 15 is 0 Å². The van der Waals surface area contributed by atoms with Crippen molar-refractivity contribution in [2.24, 2.45) is 4.99 Å². The first kappa shape index (κ1) is 17.0. The molecule has 128 valence electrons. The van der Waals surface area contributed by atoms with E-state index in [1.165, 1.54) is 35.3 Å². The van der Waals surface area contributed by atoms with Gasteiger partial charge in [0.2, 0.25) is 0 Å². The zero-order chi connectivity index (χ0) is 16.8. The van der Waals surface area contributed by atoms with Gasteiger partial charge < -0.3 is 10.6 Å². The van der Waals surface area contributed by atoms with Crippen molar-refractivity contribution in [1.29, 1.82) is 0 Å². The Morgan fingerprint density at radius 2 is 2.21 bits per heavy atom. The number of hydrogen-bond acceptors (Lipinski definition) is 3. The van der Waals surface area contributed by atoms with Crippen molar-refractivity contribution in [3.63, 3.8) is 0 Å². The van der Waals surface area contributed by atoms with E-state index in [0.717, 1.165) is 24.1 Å². The number of aliphatic imine (C=N–C) groups is 1. The molecule has 4 nitrogen and oxygen atoms in total. The summed E-state index contributed by atoms with van der Waals surface area (Å²) >= 11 is 1.71. The van der Waals surface area contributed by atoms with Gasteiger partial charge in [-0.1, -0.05) is 24.3 Å². The second-order valence-electron chi connectivity index (χ2n) is 6.23. The van der Waals surface area contributed by atoms with Gasteiger partial charge in [0.25, 0.3) is 0 Å². The minimum atomic E-state index is 0.570. The SMILES string of the molecule is CCNC(=NCc1ncc(C)s1)NCC1CCCc2ccccc21. The van der Waals surface area contributed by atoms with Crippen molar-refractivity contribution in [1.82, 2.24) is 15.6 Å². The van der Waals surface area contributed by atoms with E-state index in [9.17, 15) is 0 Å². The average Bonchev–Trinajstić information content (AvgIpc) is 3.03. The molecule has 0 fully saturated rings. The van der Waals surface area contributed by atoms with Gasteiger partial charge in [-0.3, -0.25) is 0 Å². The number of aromatic nitrogens is 1. The quantitative estimate of drug-likeness (QED) is 0.644. The van der Waals surface area contributed by atoms with E-state index in [0.29, 0.717) is 12.5 Å². The molecule has 0 amide bonds. The van der Waals surface area contributed by atoms with Crippen LogP contribution in [0.3, 0.4) is 0 Å². The molecule has 24 heavy (non-hydrogen) atoms. The van der Waals surface area contributed by atoms with Crippen molar-refractivity contribution in [2.45, 2.75) is 45.6 Å². The maximum Gasteiger partial charge on any atom is 0.191 e. The fourth-order valence-electron chi connectivity index (χ4n) is 3.25. The maximum absolute atomic E-state index is 4.68. The van der Waals surface area contributed by atoms with Crippen molar-refractivity contribution in [2.75, 3.05) is 13.1 Å². The highest BCUT2D eigenvalue weighted by Crippen LogP contribution is 2.30. The lowest BCUT2D eigenvalue weighted by Crippen LogP contribution is -2.39. The van der Waals surface area contributed by atoms with E-state index in [1.807, 2.05) is 6.20 Å². The number of hydrogen-bond donors (Lipinski definition) is 2. The molecule has 1 atom stereocenters. The van der Waals surface area contributed by atoms with Gasteiger partial charge >= 0.3 is 0 Å². The number of benzene rings is 1. The summed E-state index contributed by atoms with van der Waals surface area (Å²) in [5, 5.41) is 7.93. The third-order valence-corrected chi connectivity index (χ3v) is 5.29. The lowest BCUT2D eigenvalue weighted by molar-refractivity contribution is 0.539. The lowest BCUT2D eigenvalue weighted by Gasteiger charge is -2.26. The minimum Gasteiger partial charge on any atom is -0.357 e. The monoisotopic (exact) mass is 342 g/mol.